The van der Waals surface area contributed by atoms with Gasteiger partial charge in [0.05, 0.1) is 12.4 Å². The van der Waals surface area contributed by atoms with E-state index in [1.165, 1.54) is 31.1 Å². The van der Waals surface area contributed by atoms with Crippen molar-refractivity contribution >= 4 is 17.0 Å². The molecule has 2 aromatic heterocycles. The average Bonchev–Trinajstić information content (AvgIpc) is 2.92. The number of imidazole rings is 1. The fraction of sp³-hybridized carbons (Fsp3) is 0.583. The number of aliphatic hydroxyl groups is 3. The maximum Gasteiger partial charge on any atom is 0.168 e. The molecule has 5 N–H and O–H groups in total. The fourth-order valence-corrected chi connectivity index (χ4v) is 2.61. The van der Waals surface area contributed by atoms with Crippen molar-refractivity contribution in [2.75, 3.05) is 5.73 Å². The maximum absolute atomic E-state index is 10.5. The zero-order valence-corrected chi connectivity index (χ0v) is 11.6. The van der Waals surface area contributed by atoms with Gasteiger partial charge < -0.3 is 25.8 Å². The summed E-state index contributed by atoms with van der Waals surface area (Å²) in [6.07, 6.45) is -1.37. The Morgan fingerprint density at radius 3 is 2.76 bits per heavy atom. The van der Waals surface area contributed by atoms with Crippen LogP contribution in [-0.4, -0.2) is 58.8 Å². The summed E-state index contributed by atoms with van der Waals surface area (Å²) in [6.45, 7) is 2.92. The number of nitrogens with zero attached hydrogens (tertiary/aromatic N) is 4. The summed E-state index contributed by atoms with van der Waals surface area (Å²) in [7, 11) is 0. The number of aromatic nitrogens is 4. The van der Waals surface area contributed by atoms with Crippen LogP contribution >= 0.6 is 0 Å². The van der Waals surface area contributed by atoms with Gasteiger partial charge in [-0.05, 0) is 13.8 Å². The van der Waals surface area contributed by atoms with Crippen LogP contribution in [0.3, 0.4) is 0 Å². The highest BCUT2D eigenvalue weighted by atomic mass is 16.6. The standard InChI is InChI=1S/C12H17N5O4/c1-5(18)7-8(19)12(2,20)11(21-7)17-4-16-6-9(13)14-3-15-10(6)17/h3-5,7-8,11,18-20H,1-2H3,(H2,13,14,15)/t5?,7-,8-,11-,12-/m1/s1. The zero-order chi connectivity index (χ0) is 15.4. The zero-order valence-electron chi connectivity index (χ0n) is 11.6. The number of nitrogen functional groups attached to an aromatic ring is 1. The summed E-state index contributed by atoms with van der Waals surface area (Å²) in [5.74, 6) is 0.212. The normalized spacial score (nSPS) is 34.4. The lowest BCUT2D eigenvalue weighted by Crippen LogP contribution is -2.45. The van der Waals surface area contributed by atoms with Crippen LogP contribution in [0.5, 0.6) is 0 Å². The Bertz CT molecular complexity index is 671. The summed E-state index contributed by atoms with van der Waals surface area (Å²) < 4.78 is 7.09. The number of anilines is 1. The van der Waals surface area contributed by atoms with E-state index in [0.29, 0.717) is 11.2 Å². The van der Waals surface area contributed by atoms with Crippen molar-refractivity contribution in [1.82, 2.24) is 19.5 Å². The summed E-state index contributed by atoms with van der Waals surface area (Å²) in [6, 6.07) is 0. The van der Waals surface area contributed by atoms with Crippen LogP contribution in [0.4, 0.5) is 5.82 Å². The Kier molecular flexibility index (Phi) is 3.10. The molecule has 1 aliphatic heterocycles. The predicted molar refractivity (Wildman–Crippen MR) is 72.0 cm³/mol. The highest BCUT2D eigenvalue weighted by Crippen LogP contribution is 2.40. The van der Waals surface area contributed by atoms with E-state index < -0.39 is 30.1 Å². The van der Waals surface area contributed by atoms with Crippen LogP contribution in [0.15, 0.2) is 12.7 Å². The number of hydrogen-bond acceptors (Lipinski definition) is 8. The SMILES string of the molecule is CC(O)[C@H]1O[C@@H](n2cnc3c(N)ncnc32)[C@](C)(O)[C@@H]1O. The molecule has 9 nitrogen and oxygen atoms in total. The second kappa shape index (κ2) is 4.60. The van der Waals surface area contributed by atoms with Crippen molar-refractivity contribution in [1.29, 1.82) is 0 Å². The first-order chi connectivity index (χ1) is 9.84. The molecule has 0 radical (unpaired) electrons. The van der Waals surface area contributed by atoms with E-state index in [0.717, 1.165) is 0 Å². The van der Waals surface area contributed by atoms with Crippen molar-refractivity contribution in [3.63, 3.8) is 0 Å². The van der Waals surface area contributed by atoms with E-state index in [1.54, 1.807) is 0 Å². The van der Waals surface area contributed by atoms with Gasteiger partial charge in [0.15, 0.2) is 17.7 Å². The summed E-state index contributed by atoms with van der Waals surface area (Å²) in [5.41, 5.74) is 4.87. The van der Waals surface area contributed by atoms with Crippen molar-refractivity contribution in [2.45, 2.75) is 44.0 Å². The van der Waals surface area contributed by atoms with Crippen molar-refractivity contribution in [3.8, 4) is 0 Å². The Morgan fingerprint density at radius 1 is 1.43 bits per heavy atom. The van der Waals surface area contributed by atoms with Crippen molar-refractivity contribution < 1.29 is 20.1 Å². The minimum absolute atomic E-state index is 0.212. The number of nitrogens with two attached hydrogens (primary N) is 1. The predicted octanol–water partition coefficient (Wildman–Crippen LogP) is -1.20. The first kappa shape index (κ1) is 14.1. The minimum atomic E-state index is -1.62. The molecule has 0 aromatic carbocycles. The molecule has 0 spiro atoms. The third-order valence-corrected chi connectivity index (χ3v) is 3.81. The van der Waals surface area contributed by atoms with E-state index in [4.69, 9.17) is 10.5 Å². The molecule has 3 heterocycles. The minimum Gasteiger partial charge on any atom is -0.391 e. The number of hydrogen-bond donors (Lipinski definition) is 4. The molecule has 21 heavy (non-hydrogen) atoms. The van der Waals surface area contributed by atoms with Crippen molar-refractivity contribution in [3.05, 3.63) is 12.7 Å². The van der Waals surface area contributed by atoms with Crippen molar-refractivity contribution in [2.24, 2.45) is 0 Å². The molecule has 0 saturated carbocycles. The second-order valence-corrected chi connectivity index (χ2v) is 5.45. The van der Waals surface area contributed by atoms with Gasteiger partial charge in [0.25, 0.3) is 0 Å². The molecular weight excluding hydrogens is 278 g/mol. The average molecular weight is 295 g/mol. The van der Waals surface area contributed by atoms with E-state index in [-0.39, 0.29) is 5.82 Å². The Morgan fingerprint density at radius 2 is 2.14 bits per heavy atom. The lowest BCUT2D eigenvalue weighted by molar-refractivity contribution is -0.0987. The van der Waals surface area contributed by atoms with Crippen LogP contribution in [0.2, 0.25) is 0 Å². The fourth-order valence-electron chi connectivity index (χ4n) is 2.61. The van der Waals surface area contributed by atoms with E-state index in [2.05, 4.69) is 15.0 Å². The first-order valence-electron chi connectivity index (χ1n) is 6.51. The molecule has 9 heteroatoms. The van der Waals surface area contributed by atoms with Gasteiger partial charge in [-0.15, -0.1) is 0 Å². The number of ether oxygens (including phenoxy) is 1. The number of fused-ring (bicyclic) bond motifs is 1. The Hall–Kier alpha value is -1.81. The summed E-state index contributed by atoms with van der Waals surface area (Å²) in [4.78, 5) is 12.0. The smallest absolute Gasteiger partial charge is 0.168 e. The van der Waals surface area contributed by atoms with Crippen LogP contribution in [-0.2, 0) is 4.74 Å². The van der Waals surface area contributed by atoms with Gasteiger partial charge >= 0.3 is 0 Å². The topological polar surface area (TPSA) is 140 Å². The molecule has 1 aliphatic rings. The van der Waals surface area contributed by atoms with E-state index in [9.17, 15) is 15.3 Å². The molecule has 1 unspecified atom stereocenters. The lowest BCUT2D eigenvalue weighted by Gasteiger charge is -2.27. The molecule has 0 bridgehead atoms. The molecule has 2 aromatic rings. The van der Waals surface area contributed by atoms with Gasteiger partial charge in [-0.1, -0.05) is 0 Å². The van der Waals surface area contributed by atoms with Gasteiger partial charge in [0.1, 0.15) is 29.7 Å². The molecule has 3 rings (SSSR count). The third-order valence-electron chi connectivity index (χ3n) is 3.81. The van der Waals surface area contributed by atoms with Gasteiger partial charge in [0, 0.05) is 0 Å². The van der Waals surface area contributed by atoms with Gasteiger partial charge in [-0.3, -0.25) is 4.57 Å². The summed E-state index contributed by atoms with van der Waals surface area (Å²) >= 11 is 0. The summed E-state index contributed by atoms with van der Waals surface area (Å²) in [5, 5.41) is 30.4. The Balaban J connectivity index is 2.08. The van der Waals surface area contributed by atoms with Crippen LogP contribution in [0, 0.1) is 0 Å². The van der Waals surface area contributed by atoms with E-state index >= 15 is 0 Å². The molecule has 1 fully saturated rings. The largest absolute Gasteiger partial charge is 0.391 e. The highest BCUT2D eigenvalue weighted by molar-refractivity contribution is 5.81. The maximum atomic E-state index is 10.5. The molecule has 5 atom stereocenters. The third kappa shape index (κ3) is 1.97. The van der Waals surface area contributed by atoms with Crippen LogP contribution < -0.4 is 5.73 Å². The van der Waals surface area contributed by atoms with Gasteiger partial charge in [-0.2, -0.15) is 0 Å². The van der Waals surface area contributed by atoms with Crippen LogP contribution in [0.1, 0.15) is 20.1 Å². The number of aliphatic hydroxyl groups excluding tert-OH is 2. The number of rotatable bonds is 2. The van der Waals surface area contributed by atoms with E-state index in [1.807, 2.05) is 0 Å². The quantitative estimate of drug-likeness (QED) is 0.541. The molecule has 1 saturated heterocycles. The Labute approximate surface area is 120 Å². The second-order valence-electron chi connectivity index (χ2n) is 5.45. The monoisotopic (exact) mass is 295 g/mol. The molecule has 114 valence electrons. The lowest BCUT2D eigenvalue weighted by atomic mass is 9.94. The van der Waals surface area contributed by atoms with Gasteiger partial charge in [-0.25, -0.2) is 15.0 Å². The first-order valence-corrected chi connectivity index (χ1v) is 6.51. The molecule has 0 amide bonds. The highest BCUT2D eigenvalue weighted by Gasteiger charge is 2.54. The molecular formula is C12H17N5O4. The molecule has 0 aliphatic carbocycles. The van der Waals surface area contributed by atoms with Crippen LogP contribution in [0.25, 0.3) is 11.2 Å². The van der Waals surface area contributed by atoms with Gasteiger partial charge in [0.2, 0.25) is 0 Å².